The van der Waals surface area contributed by atoms with Crippen molar-refractivity contribution in [2.24, 2.45) is 5.92 Å². The zero-order valence-corrected chi connectivity index (χ0v) is 18.9. The van der Waals surface area contributed by atoms with E-state index in [-0.39, 0.29) is 11.8 Å². The number of anilines is 2. The van der Waals surface area contributed by atoms with Gasteiger partial charge in [-0.25, -0.2) is 4.79 Å². The van der Waals surface area contributed by atoms with Crippen LogP contribution in [0.15, 0.2) is 48.5 Å². The second kappa shape index (κ2) is 10.5. The van der Waals surface area contributed by atoms with Crippen molar-refractivity contribution in [2.45, 2.75) is 33.2 Å². The molecule has 0 saturated carbocycles. The van der Waals surface area contributed by atoms with Crippen LogP contribution in [-0.4, -0.2) is 28.2 Å². The lowest BCUT2D eigenvalue weighted by atomic mass is 9.98. The minimum Gasteiger partial charge on any atom is -0.326 e. The molecule has 8 nitrogen and oxygen atoms in total. The number of aryl methyl sites for hydroxylation is 1. The van der Waals surface area contributed by atoms with E-state index in [0.29, 0.717) is 27.8 Å². The highest BCUT2D eigenvalue weighted by molar-refractivity contribution is 7.18. The molecular formula is C23H24N6O2S. The van der Waals surface area contributed by atoms with Gasteiger partial charge in [-0.15, -0.1) is 10.2 Å². The molecule has 3 N–H and O–H groups in total. The molecule has 2 atom stereocenters. The Morgan fingerprint density at radius 3 is 2.56 bits per heavy atom. The van der Waals surface area contributed by atoms with Gasteiger partial charge in [0.25, 0.3) is 0 Å². The summed E-state index contributed by atoms with van der Waals surface area (Å²) in [4.78, 5) is 25.4. The lowest BCUT2D eigenvalue weighted by molar-refractivity contribution is -0.119. The smallest absolute Gasteiger partial charge is 0.319 e. The standard InChI is InChI=1S/C23H24N6O2S/c1-4-15(3)19(26-22(31)25-18-7-5-6-16(12-18)13-24)20(30)27-23-29-28-21(32-23)17-10-8-14(2)9-11-17/h5-12,15,19H,4H2,1-3H3,(H2,25,26,31)(H,27,29,30). The van der Waals surface area contributed by atoms with Crippen LogP contribution < -0.4 is 16.0 Å². The number of carbonyl (C=O) groups is 2. The van der Waals surface area contributed by atoms with Gasteiger partial charge in [-0.05, 0) is 31.0 Å². The average molecular weight is 449 g/mol. The number of urea groups is 1. The molecule has 2 unspecified atom stereocenters. The Kier molecular flexibility index (Phi) is 7.52. The fourth-order valence-corrected chi connectivity index (χ4v) is 3.70. The van der Waals surface area contributed by atoms with Crippen LogP contribution in [0.3, 0.4) is 0 Å². The predicted molar refractivity (Wildman–Crippen MR) is 125 cm³/mol. The van der Waals surface area contributed by atoms with Crippen molar-refractivity contribution >= 4 is 34.1 Å². The van der Waals surface area contributed by atoms with Crippen LogP contribution >= 0.6 is 11.3 Å². The normalized spacial score (nSPS) is 12.3. The van der Waals surface area contributed by atoms with E-state index in [1.807, 2.05) is 51.1 Å². The Labute approximate surface area is 190 Å². The van der Waals surface area contributed by atoms with Crippen molar-refractivity contribution < 1.29 is 9.59 Å². The Balaban J connectivity index is 1.67. The quantitative estimate of drug-likeness (QED) is 0.489. The number of carbonyl (C=O) groups excluding carboxylic acids is 2. The number of amides is 3. The number of nitriles is 1. The third-order valence-corrected chi connectivity index (χ3v) is 5.87. The van der Waals surface area contributed by atoms with Crippen LogP contribution in [0.4, 0.5) is 15.6 Å². The number of rotatable bonds is 7. The molecule has 0 aliphatic rings. The van der Waals surface area contributed by atoms with Crippen LogP contribution in [0.25, 0.3) is 10.6 Å². The van der Waals surface area contributed by atoms with Crippen molar-refractivity contribution in [1.29, 1.82) is 5.26 Å². The minimum absolute atomic E-state index is 0.115. The largest absolute Gasteiger partial charge is 0.326 e. The molecule has 32 heavy (non-hydrogen) atoms. The molecule has 3 rings (SSSR count). The number of nitrogens with zero attached hydrogens (tertiary/aromatic N) is 3. The molecule has 0 spiro atoms. The van der Waals surface area contributed by atoms with E-state index in [1.165, 1.54) is 11.3 Å². The van der Waals surface area contributed by atoms with Crippen LogP contribution in [0.5, 0.6) is 0 Å². The molecule has 1 heterocycles. The minimum atomic E-state index is -0.772. The first-order valence-corrected chi connectivity index (χ1v) is 11.0. The van der Waals surface area contributed by atoms with Crippen LogP contribution in [0, 0.1) is 24.2 Å². The monoisotopic (exact) mass is 448 g/mol. The third kappa shape index (κ3) is 5.89. The Hall–Kier alpha value is -3.77. The Morgan fingerprint density at radius 1 is 1.12 bits per heavy atom. The van der Waals surface area contributed by atoms with E-state index in [4.69, 9.17) is 5.26 Å². The summed E-state index contributed by atoms with van der Waals surface area (Å²) in [6.45, 7) is 5.84. The number of benzene rings is 2. The Bertz CT molecular complexity index is 1140. The summed E-state index contributed by atoms with van der Waals surface area (Å²) in [7, 11) is 0. The zero-order chi connectivity index (χ0) is 23.1. The van der Waals surface area contributed by atoms with E-state index >= 15 is 0 Å². The zero-order valence-electron chi connectivity index (χ0n) is 18.0. The number of hydrogen-bond donors (Lipinski definition) is 3. The molecule has 0 radical (unpaired) electrons. The van der Waals surface area contributed by atoms with Crippen molar-refractivity contribution in [3.05, 3.63) is 59.7 Å². The topological polar surface area (TPSA) is 120 Å². The second-order valence-corrected chi connectivity index (χ2v) is 8.40. The van der Waals surface area contributed by atoms with Gasteiger partial charge >= 0.3 is 6.03 Å². The van der Waals surface area contributed by atoms with Gasteiger partial charge in [0.05, 0.1) is 11.6 Å². The Morgan fingerprint density at radius 2 is 1.88 bits per heavy atom. The highest BCUT2D eigenvalue weighted by Crippen LogP contribution is 2.27. The second-order valence-electron chi connectivity index (χ2n) is 7.42. The van der Waals surface area contributed by atoms with Crippen LogP contribution in [0.1, 0.15) is 31.4 Å². The SMILES string of the molecule is CCC(C)C(NC(=O)Nc1cccc(C#N)c1)C(=O)Nc1nnc(-c2ccc(C)cc2)s1. The lowest BCUT2D eigenvalue weighted by Gasteiger charge is -2.23. The molecule has 0 saturated heterocycles. The van der Waals surface area contributed by atoms with E-state index in [2.05, 4.69) is 26.1 Å². The summed E-state index contributed by atoms with van der Waals surface area (Å²) < 4.78 is 0. The molecular weight excluding hydrogens is 424 g/mol. The maximum absolute atomic E-state index is 12.9. The molecule has 2 aromatic carbocycles. The molecule has 164 valence electrons. The molecule has 3 amide bonds. The number of aromatic nitrogens is 2. The van der Waals surface area contributed by atoms with E-state index in [0.717, 1.165) is 11.1 Å². The van der Waals surface area contributed by atoms with Gasteiger partial charge in [-0.2, -0.15) is 5.26 Å². The van der Waals surface area contributed by atoms with E-state index in [1.54, 1.807) is 24.3 Å². The third-order valence-electron chi connectivity index (χ3n) is 4.99. The van der Waals surface area contributed by atoms with Crippen molar-refractivity contribution in [3.63, 3.8) is 0 Å². The van der Waals surface area contributed by atoms with Crippen molar-refractivity contribution in [3.8, 4) is 16.6 Å². The van der Waals surface area contributed by atoms with Gasteiger partial charge in [-0.3, -0.25) is 10.1 Å². The number of hydrogen-bond acceptors (Lipinski definition) is 6. The predicted octanol–water partition coefficient (Wildman–Crippen LogP) is 4.56. The first-order chi connectivity index (χ1) is 15.4. The van der Waals surface area contributed by atoms with Crippen LogP contribution in [0.2, 0.25) is 0 Å². The number of nitrogens with one attached hydrogen (secondary N) is 3. The van der Waals surface area contributed by atoms with Crippen LogP contribution in [-0.2, 0) is 4.79 Å². The van der Waals surface area contributed by atoms with Gasteiger partial charge in [0.15, 0.2) is 0 Å². The van der Waals surface area contributed by atoms with Crippen molar-refractivity contribution in [2.75, 3.05) is 10.6 Å². The van der Waals surface area contributed by atoms with Crippen molar-refractivity contribution in [1.82, 2.24) is 15.5 Å². The maximum Gasteiger partial charge on any atom is 0.319 e. The fourth-order valence-electron chi connectivity index (χ4n) is 2.95. The highest BCUT2D eigenvalue weighted by Gasteiger charge is 2.27. The average Bonchev–Trinajstić information content (AvgIpc) is 3.25. The first-order valence-electron chi connectivity index (χ1n) is 10.2. The maximum atomic E-state index is 12.9. The fraction of sp³-hybridized carbons (Fsp3) is 0.261. The van der Waals surface area contributed by atoms with Gasteiger partial charge in [0.2, 0.25) is 11.0 Å². The lowest BCUT2D eigenvalue weighted by Crippen LogP contribution is -2.49. The molecule has 9 heteroatoms. The van der Waals surface area contributed by atoms with Gasteiger partial charge in [-0.1, -0.05) is 67.5 Å². The first kappa shape index (κ1) is 22.9. The van der Waals surface area contributed by atoms with Gasteiger partial charge in [0, 0.05) is 11.3 Å². The van der Waals surface area contributed by atoms with E-state index < -0.39 is 12.1 Å². The highest BCUT2D eigenvalue weighted by atomic mass is 32.1. The van der Waals surface area contributed by atoms with E-state index in [9.17, 15) is 9.59 Å². The molecule has 0 bridgehead atoms. The van der Waals surface area contributed by atoms with Gasteiger partial charge in [0.1, 0.15) is 11.0 Å². The summed E-state index contributed by atoms with van der Waals surface area (Å²) in [5.41, 5.74) is 2.97. The summed E-state index contributed by atoms with van der Waals surface area (Å²) in [6.07, 6.45) is 0.688. The van der Waals surface area contributed by atoms with Gasteiger partial charge < -0.3 is 10.6 Å². The molecule has 0 aliphatic heterocycles. The molecule has 0 fully saturated rings. The summed E-state index contributed by atoms with van der Waals surface area (Å²) in [5.74, 6) is -0.484. The molecule has 3 aromatic rings. The summed E-state index contributed by atoms with van der Waals surface area (Å²) in [6, 6.07) is 15.2. The summed E-state index contributed by atoms with van der Waals surface area (Å²) >= 11 is 1.27. The molecule has 0 aliphatic carbocycles. The summed E-state index contributed by atoms with van der Waals surface area (Å²) in [5, 5.41) is 26.5. The molecule has 1 aromatic heterocycles.